The van der Waals surface area contributed by atoms with Crippen LogP contribution in [0.5, 0.6) is 5.75 Å². The average molecular weight is 209 g/mol. The van der Waals surface area contributed by atoms with Crippen LogP contribution in [0.2, 0.25) is 0 Å². The molecule has 4 heteroatoms. The quantitative estimate of drug-likeness (QED) is 0.817. The molecule has 0 radical (unpaired) electrons. The standard InChI is InChI=1S/C11H12FNO2/c1-15-10-4-2-3-9(11(10)12)5-8(6-13)7-14/h2-4,8,14H,5,7H2,1H3. The molecule has 1 aromatic carbocycles. The van der Waals surface area contributed by atoms with Crippen LogP contribution in [-0.4, -0.2) is 18.8 Å². The van der Waals surface area contributed by atoms with Crippen molar-refractivity contribution < 1.29 is 14.2 Å². The van der Waals surface area contributed by atoms with Crippen molar-refractivity contribution in [3.63, 3.8) is 0 Å². The molecule has 0 saturated carbocycles. The van der Waals surface area contributed by atoms with Gasteiger partial charge in [0.1, 0.15) is 0 Å². The first-order valence-corrected chi connectivity index (χ1v) is 4.54. The van der Waals surface area contributed by atoms with Crippen molar-refractivity contribution in [1.29, 1.82) is 5.26 Å². The summed E-state index contributed by atoms with van der Waals surface area (Å²) in [6, 6.07) is 6.66. The minimum atomic E-state index is -0.577. The minimum absolute atomic E-state index is 0.155. The number of nitrogens with zero attached hydrogens (tertiary/aromatic N) is 1. The summed E-state index contributed by atoms with van der Waals surface area (Å²) < 4.78 is 18.4. The molecule has 0 aromatic heterocycles. The van der Waals surface area contributed by atoms with Crippen LogP contribution in [0.3, 0.4) is 0 Å². The molecule has 3 nitrogen and oxygen atoms in total. The van der Waals surface area contributed by atoms with Crippen LogP contribution in [0.1, 0.15) is 5.56 Å². The van der Waals surface area contributed by atoms with E-state index < -0.39 is 11.7 Å². The van der Waals surface area contributed by atoms with E-state index in [0.29, 0.717) is 5.56 Å². The van der Waals surface area contributed by atoms with Gasteiger partial charge in [0, 0.05) is 0 Å². The SMILES string of the molecule is COc1cccc(CC(C#N)CO)c1F. The zero-order valence-corrected chi connectivity index (χ0v) is 8.40. The molecule has 0 aliphatic heterocycles. The molecule has 0 spiro atoms. The smallest absolute Gasteiger partial charge is 0.168 e. The largest absolute Gasteiger partial charge is 0.494 e. The first kappa shape index (κ1) is 11.5. The highest BCUT2D eigenvalue weighted by atomic mass is 19.1. The molecule has 0 bridgehead atoms. The van der Waals surface area contributed by atoms with Gasteiger partial charge in [0.2, 0.25) is 0 Å². The van der Waals surface area contributed by atoms with E-state index in [0.717, 1.165) is 0 Å². The molecule has 80 valence electrons. The molecule has 0 saturated heterocycles. The summed E-state index contributed by atoms with van der Waals surface area (Å²) in [5.74, 6) is -0.887. The molecule has 1 N–H and O–H groups in total. The fraction of sp³-hybridized carbons (Fsp3) is 0.364. The van der Waals surface area contributed by atoms with Gasteiger partial charge in [-0.2, -0.15) is 5.26 Å². The molecule has 1 atom stereocenters. The highest BCUT2D eigenvalue weighted by Gasteiger charge is 2.13. The number of halogens is 1. The predicted molar refractivity (Wildman–Crippen MR) is 52.8 cm³/mol. The molecule has 0 heterocycles. The Morgan fingerprint density at radius 1 is 1.60 bits per heavy atom. The van der Waals surface area contributed by atoms with Crippen LogP contribution in [0.15, 0.2) is 18.2 Å². The van der Waals surface area contributed by atoms with Gasteiger partial charge in [-0.3, -0.25) is 0 Å². The van der Waals surface area contributed by atoms with Gasteiger partial charge in [-0.25, -0.2) is 4.39 Å². The van der Waals surface area contributed by atoms with Gasteiger partial charge in [-0.1, -0.05) is 12.1 Å². The van der Waals surface area contributed by atoms with Gasteiger partial charge in [-0.15, -0.1) is 0 Å². The van der Waals surface area contributed by atoms with Crippen molar-refractivity contribution in [3.05, 3.63) is 29.6 Å². The summed E-state index contributed by atoms with van der Waals surface area (Å²) in [5.41, 5.74) is 0.384. The van der Waals surface area contributed by atoms with Crippen LogP contribution < -0.4 is 4.74 Å². The van der Waals surface area contributed by atoms with Gasteiger partial charge in [0.15, 0.2) is 11.6 Å². The monoisotopic (exact) mass is 209 g/mol. The minimum Gasteiger partial charge on any atom is -0.494 e. The third-order valence-electron chi connectivity index (χ3n) is 2.13. The lowest BCUT2D eigenvalue weighted by Crippen LogP contribution is -2.08. The molecule has 0 aliphatic rings. The van der Waals surface area contributed by atoms with Crippen LogP contribution in [0.4, 0.5) is 4.39 Å². The average Bonchev–Trinajstić information content (AvgIpc) is 2.28. The second kappa shape index (κ2) is 5.32. The van der Waals surface area contributed by atoms with Gasteiger partial charge in [0.25, 0.3) is 0 Å². The third-order valence-corrected chi connectivity index (χ3v) is 2.13. The molecular formula is C11H12FNO2. The number of hydrogen-bond acceptors (Lipinski definition) is 3. The lowest BCUT2D eigenvalue weighted by molar-refractivity contribution is 0.254. The lowest BCUT2D eigenvalue weighted by Gasteiger charge is -2.09. The van der Waals surface area contributed by atoms with Crippen LogP contribution in [0.25, 0.3) is 0 Å². The van der Waals surface area contributed by atoms with Gasteiger partial charge >= 0.3 is 0 Å². The molecule has 15 heavy (non-hydrogen) atoms. The number of aliphatic hydroxyl groups is 1. The van der Waals surface area contributed by atoms with E-state index in [1.807, 2.05) is 6.07 Å². The maximum atomic E-state index is 13.6. The van der Waals surface area contributed by atoms with Crippen LogP contribution in [0, 0.1) is 23.1 Å². The topological polar surface area (TPSA) is 53.2 Å². The summed E-state index contributed by atoms with van der Waals surface area (Å²) >= 11 is 0. The normalized spacial score (nSPS) is 11.9. The number of benzene rings is 1. The molecule has 1 aromatic rings. The summed E-state index contributed by atoms with van der Waals surface area (Å²) in [5, 5.41) is 17.5. The maximum Gasteiger partial charge on any atom is 0.168 e. The van der Waals surface area contributed by atoms with Crippen LogP contribution in [-0.2, 0) is 6.42 Å². The molecule has 0 amide bonds. The summed E-state index contributed by atoms with van der Waals surface area (Å²) in [4.78, 5) is 0. The zero-order valence-electron chi connectivity index (χ0n) is 8.40. The lowest BCUT2D eigenvalue weighted by atomic mass is 10.0. The number of hydrogen-bond donors (Lipinski definition) is 1. The molecule has 0 fully saturated rings. The maximum absolute atomic E-state index is 13.6. The highest BCUT2D eigenvalue weighted by molar-refractivity contribution is 5.31. The Balaban J connectivity index is 2.91. The number of rotatable bonds is 4. The van der Waals surface area contributed by atoms with Crippen molar-refractivity contribution in [1.82, 2.24) is 0 Å². The Morgan fingerprint density at radius 2 is 2.33 bits per heavy atom. The van der Waals surface area contributed by atoms with Crippen molar-refractivity contribution in [2.45, 2.75) is 6.42 Å². The Bertz CT molecular complexity index is 373. The first-order chi connectivity index (χ1) is 7.22. The predicted octanol–water partition coefficient (Wildman–Crippen LogP) is 1.51. The molecule has 0 aliphatic carbocycles. The number of methoxy groups -OCH3 is 1. The van der Waals surface area contributed by atoms with Crippen molar-refractivity contribution >= 4 is 0 Å². The van der Waals surface area contributed by atoms with Gasteiger partial charge < -0.3 is 9.84 Å². The summed E-state index contributed by atoms with van der Waals surface area (Å²) in [7, 11) is 1.38. The van der Waals surface area contributed by atoms with E-state index in [2.05, 4.69) is 0 Å². The van der Waals surface area contributed by atoms with E-state index >= 15 is 0 Å². The molecule has 1 unspecified atom stereocenters. The Labute approximate surface area is 87.7 Å². The first-order valence-electron chi connectivity index (χ1n) is 4.54. The highest BCUT2D eigenvalue weighted by Crippen LogP contribution is 2.21. The number of ether oxygens (including phenoxy) is 1. The third kappa shape index (κ3) is 2.67. The second-order valence-corrected chi connectivity index (χ2v) is 3.15. The summed E-state index contributed by atoms with van der Waals surface area (Å²) in [6.07, 6.45) is 0.191. The van der Waals surface area contributed by atoms with Crippen molar-refractivity contribution in [2.24, 2.45) is 5.92 Å². The van der Waals surface area contributed by atoms with E-state index in [1.165, 1.54) is 13.2 Å². The van der Waals surface area contributed by atoms with E-state index in [-0.39, 0.29) is 18.8 Å². The zero-order chi connectivity index (χ0) is 11.3. The molecule has 1 rings (SSSR count). The van der Waals surface area contributed by atoms with E-state index in [1.54, 1.807) is 12.1 Å². The van der Waals surface area contributed by atoms with E-state index in [4.69, 9.17) is 15.1 Å². The summed E-state index contributed by atoms with van der Waals surface area (Å²) in [6.45, 7) is -0.271. The second-order valence-electron chi connectivity index (χ2n) is 3.15. The number of aliphatic hydroxyl groups excluding tert-OH is 1. The fourth-order valence-corrected chi connectivity index (χ4v) is 1.29. The Kier molecular flexibility index (Phi) is 4.07. The van der Waals surface area contributed by atoms with Crippen LogP contribution >= 0.6 is 0 Å². The van der Waals surface area contributed by atoms with Gasteiger partial charge in [-0.05, 0) is 18.1 Å². The van der Waals surface area contributed by atoms with E-state index in [9.17, 15) is 4.39 Å². The Morgan fingerprint density at radius 3 is 2.87 bits per heavy atom. The Hall–Kier alpha value is -1.60. The van der Waals surface area contributed by atoms with Gasteiger partial charge in [0.05, 0.1) is 25.7 Å². The molecular weight excluding hydrogens is 197 g/mol. The van der Waals surface area contributed by atoms with Crippen molar-refractivity contribution in [3.8, 4) is 11.8 Å². The number of nitriles is 1. The fourth-order valence-electron chi connectivity index (χ4n) is 1.29. The van der Waals surface area contributed by atoms with Crippen molar-refractivity contribution in [2.75, 3.05) is 13.7 Å².